The van der Waals surface area contributed by atoms with Crippen molar-refractivity contribution in [1.29, 1.82) is 0 Å². The van der Waals surface area contributed by atoms with E-state index in [0.29, 0.717) is 17.1 Å². The number of furan rings is 1. The fraction of sp³-hybridized carbons (Fsp3) is 0.105. The lowest BCUT2D eigenvalue weighted by Gasteiger charge is -2.19. The van der Waals surface area contributed by atoms with E-state index >= 15 is 0 Å². The number of carbonyl (C=O) groups excluding carboxylic acids is 2. The lowest BCUT2D eigenvalue weighted by atomic mass is 10.1. The molecular formula is C19H17N3O3. The SMILES string of the molecule is Cc1ccnc(NC(=O)c2ccccc2N(C)C(=O)c2ccco2)c1. The summed E-state index contributed by atoms with van der Waals surface area (Å²) in [4.78, 5) is 30.6. The van der Waals surface area contributed by atoms with E-state index in [1.807, 2.05) is 13.0 Å². The Morgan fingerprint density at radius 3 is 2.64 bits per heavy atom. The van der Waals surface area contributed by atoms with Crippen molar-refractivity contribution in [2.75, 3.05) is 17.3 Å². The molecule has 0 spiro atoms. The zero-order valence-corrected chi connectivity index (χ0v) is 13.9. The Labute approximate surface area is 145 Å². The second-order valence-electron chi connectivity index (χ2n) is 5.53. The number of benzene rings is 1. The molecule has 0 atom stereocenters. The highest BCUT2D eigenvalue weighted by molar-refractivity contribution is 6.12. The van der Waals surface area contributed by atoms with Crippen molar-refractivity contribution >= 4 is 23.3 Å². The van der Waals surface area contributed by atoms with Crippen molar-refractivity contribution in [3.8, 4) is 0 Å². The van der Waals surface area contributed by atoms with Gasteiger partial charge in [-0.1, -0.05) is 12.1 Å². The minimum atomic E-state index is -0.340. The molecule has 0 fully saturated rings. The van der Waals surface area contributed by atoms with Crippen LogP contribution < -0.4 is 10.2 Å². The second-order valence-corrected chi connectivity index (χ2v) is 5.53. The Morgan fingerprint density at radius 2 is 1.92 bits per heavy atom. The highest BCUT2D eigenvalue weighted by atomic mass is 16.3. The lowest BCUT2D eigenvalue weighted by molar-refractivity contribution is 0.0966. The molecule has 0 saturated heterocycles. The first-order valence-electron chi connectivity index (χ1n) is 7.71. The molecule has 2 amide bonds. The second kappa shape index (κ2) is 7.00. The van der Waals surface area contributed by atoms with E-state index < -0.39 is 0 Å². The van der Waals surface area contributed by atoms with Gasteiger partial charge in [0.2, 0.25) is 0 Å². The monoisotopic (exact) mass is 335 g/mol. The van der Waals surface area contributed by atoms with Crippen molar-refractivity contribution in [3.05, 3.63) is 77.9 Å². The fourth-order valence-electron chi connectivity index (χ4n) is 2.42. The van der Waals surface area contributed by atoms with Gasteiger partial charge in [0.25, 0.3) is 11.8 Å². The van der Waals surface area contributed by atoms with Crippen LogP contribution in [0.15, 0.2) is 65.4 Å². The minimum absolute atomic E-state index is 0.207. The smallest absolute Gasteiger partial charge is 0.293 e. The Bertz CT molecular complexity index is 904. The molecule has 0 aliphatic carbocycles. The molecule has 2 aromatic heterocycles. The van der Waals surface area contributed by atoms with E-state index in [1.165, 1.54) is 11.2 Å². The number of carbonyl (C=O) groups is 2. The Balaban J connectivity index is 1.87. The summed E-state index contributed by atoms with van der Waals surface area (Å²) in [5, 5.41) is 2.76. The number of aromatic nitrogens is 1. The normalized spacial score (nSPS) is 10.3. The largest absolute Gasteiger partial charge is 0.459 e. The third-order valence-corrected chi connectivity index (χ3v) is 3.70. The first-order valence-corrected chi connectivity index (χ1v) is 7.71. The zero-order chi connectivity index (χ0) is 17.8. The van der Waals surface area contributed by atoms with Gasteiger partial charge in [-0.3, -0.25) is 9.59 Å². The number of hydrogen-bond acceptors (Lipinski definition) is 4. The molecule has 2 heterocycles. The van der Waals surface area contributed by atoms with Crippen LogP contribution in [0.5, 0.6) is 0 Å². The van der Waals surface area contributed by atoms with Gasteiger partial charge >= 0.3 is 0 Å². The number of aryl methyl sites for hydroxylation is 1. The average molecular weight is 335 g/mol. The van der Waals surface area contributed by atoms with Gasteiger partial charge in [0.05, 0.1) is 17.5 Å². The lowest BCUT2D eigenvalue weighted by Crippen LogP contribution is -2.28. The Hall–Kier alpha value is -3.41. The summed E-state index contributed by atoms with van der Waals surface area (Å²) in [6.45, 7) is 1.92. The first-order chi connectivity index (χ1) is 12.1. The molecule has 0 saturated carbocycles. The molecule has 3 aromatic rings. The van der Waals surface area contributed by atoms with E-state index in [2.05, 4.69) is 10.3 Å². The van der Waals surface area contributed by atoms with Gasteiger partial charge in [-0.05, 0) is 48.9 Å². The van der Waals surface area contributed by atoms with E-state index in [4.69, 9.17) is 4.42 Å². The van der Waals surface area contributed by atoms with Gasteiger partial charge in [-0.25, -0.2) is 4.98 Å². The van der Waals surface area contributed by atoms with Crippen LogP contribution in [0.4, 0.5) is 11.5 Å². The number of nitrogens with one attached hydrogen (secondary N) is 1. The number of anilines is 2. The van der Waals surface area contributed by atoms with Crippen LogP contribution in [0.25, 0.3) is 0 Å². The third kappa shape index (κ3) is 3.58. The van der Waals surface area contributed by atoms with Gasteiger partial charge in [0, 0.05) is 13.2 Å². The molecule has 126 valence electrons. The topological polar surface area (TPSA) is 75.4 Å². The van der Waals surface area contributed by atoms with Gasteiger partial charge in [-0.2, -0.15) is 0 Å². The van der Waals surface area contributed by atoms with Gasteiger partial charge in [-0.15, -0.1) is 0 Å². The molecule has 25 heavy (non-hydrogen) atoms. The molecule has 3 rings (SSSR count). The molecule has 0 bridgehead atoms. The van der Waals surface area contributed by atoms with Gasteiger partial charge < -0.3 is 14.6 Å². The van der Waals surface area contributed by atoms with Crippen molar-refractivity contribution in [1.82, 2.24) is 4.98 Å². The number of para-hydroxylation sites is 1. The van der Waals surface area contributed by atoms with E-state index in [1.54, 1.807) is 55.7 Å². The predicted molar refractivity (Wildman–Crippen MR) is 94.8 cm³/mol. The summed E-state index contributed by atoms with van der Waals surface area (Å²) in [5.74, 6) is -0.00963. The summed E-state index contributed by atoms with van der Waals surface area (Å²) < 4.78 is 5.15. The zero-order valence-electron chi connectivity index (χ0n) is 13.9. The van der Waals surface area contributed by atoms with Crippen molar-refractivity contribution in [3.63, 3.8) is 0 Å². The van der Waals surface area contributed by atoms with Gasteiger partial charge in [0.15, 0.2) is 5.76 Å². The van der Waals surface area contributed by atoms with E-state index in [9.17, 15) is 9.59 Å². The number of hydrogen-bond donors (Lipinski definition) is 1. The summed E-state index contributed by atoms with van der Waals surface area (Å²) >= 11 is 0. The Kier molecular flexibility index (Phi) is 4.61. The number of amides is 2. The maximum Gasteiger partial charge on any atom is 0.293 e. The molecule has 6 heteroatoms. The summed E-state index contributed by atoms with van der Waals surface area (Å²) in [6, 6.07) is 13.7. The molecular weight excluding hydrogens is 318 g/mol. The van der Waals surface area contributed by atoms with Crippen LogP contribution >= 0.6 is 0 Å². The highest BCUT2D eigenvalue weighted by Gasteiger charge is 2.21. The van der Waals surface area contributed by atoms with Crippen LogP contribution in [-0.2, 0) is 0 Å². The maximum absolute atomic E-state index is 12.6. The summed E-state index contributed by atoms with van der Waals surface area (Å²) in [6.07, 6.45) is 3.06. The molecule has 1 aromatic carbocycles. The fourth-order valence-corrected chi connectivity index (χ4v) is 2.42. The van der Waals surface area contributed by atoms with E-state index in [-0.39, 0.29) is 17.6 Å². The predicted octanol–water partition coefficient (Wildman–Crippen LogP) is 3.51. The maximum atomic E-state index is 12.6. The Morgan fingerprint density at radius 1 is 1.12 bits per heavy atom. The van der Waals surface area contributed by atoms with Crippen LogP contribution in [-0.4, -0.2) is 23.8 Å². The van der Waals surface area contributed by atoms with Crippen LogP contribution in [0.1, 0.15) is 26.5 Å². The summed E-state index contributed by atoms with van der Waals surface area (Å²) in [5.41, 5.74) is 1.84. The summed E-state index contributed by atoms with van der Waals surface area (Å²) in [7, 11) is 1.60. The third-order valence-electron chi connectivity index (χ3n) is 3.70. The van der Waals surface area contributed by atoms with Crippen LogP contribution in [0.2, 0.25) is 0 Å². The standard InChI is InChI=1S/C19H17N3O3/c1-13-9-10-20-17(12-13)21-18(23)14-6-3-4-7-15(14)22(2)19(24)16-8-5-11-25-16/h3-12H,1-2H3,(H,20,21,23). The number of rotatable bonds is 4. The van der Waals surface area contributed by atoms with Crippen molar-refractivity contribution in [2.24, 2.45) is 0 Å². The number of nitrogens with zero attached hydrogens (tertiary/aromatic N) is 2. The number of pyridine rings is 1. The van der Waals surface area contributed by atoms with Crippen molar-refractivity contribution in [2.45, 2.75) is 6.92 Å². The quantitative estimate of drug-likeness (QED) is 0.791. The van der Waals surface area contributed by atoms with E-state index in [0.717, 1.165) is 5.56 Å². The van der Waals surface area contributed by atoms with Crippen LogP contribution in [0.3, 0.4) is 0 Å². The van der Waals surface area contributed by atoms with Crippen LogP contribution in [0, 0.1) is 6.92 Å². The molecule has 0 aliphatic rings. The average Bonchev–Trinajstić information content (AvgIpc) is 3.15. The molecule has 6 nitrogen and oxygen atoms in total. The minimum Gasteiger partial charge on any atom is -0.459 e. The molecule has 0 aliphatic heterocycles. The van der Waals surface area contributed by atoms with Gasteiger partial charge in [0.1, 0.15) is 5.82 Å². The molecule has 0 unspecified atom stereocenters. The molecule has 1 N–H and O–H groups in total. The van der Waals surface area contributed by atoms with Crippen molar-refractivity contribution < 1.29 is 14.0 Å². The molecule has 0 radical (unpaired) electrons. The first kappa shape index (κ1) is 16.4. The highest BCUT2D eigenvalue weighted by Crippen LogP contribution is 2.22.